The van der Waals surface area contributed by atoms with Crippen LogP contribution in [0, 0.1) is 29.9 Å². The summed E-state index contributed by atoms with van der Waals surface area (Å²) in [6.45, 7) is 6.76. The molecule has 188 valence electrons. The average Bonchev–Trinajstić information content (AvgIpc) is 3.26. The highest BCUT2D eigenvalue weighted by Crippen LogP contribution is 2.47. The Morgan fingerprint density at radius 2 is 2.03 bits per heavy atom. The number of H-pyrrole nitrogens is 2. The van der Waals surface area contributed by atoms with E-state index in [9.17, 15) is 18.4 Å². The van der Waals surface area contributed by atoms with Crippen molar-refractivity contribution in [3.63, 3.8) is 0 Å². The molecule has 2 heterocycles. The summed E-state index contributed by atoms with van der Waals surface area (Å²) in [5.74, 6) is 1.15. The summed E-state index contributed by atoms with van der Waals surface area (Å²) in [5, 5.41) is 14.8. The molecule has 0 saturated carbocycles. The number of carbonyl (C=O) groups is 1. The van der Waals surface area contributed by atoms with E-state index >= 15 is 0 Å². The van der Waals surface area contributed by atoms with Gasteiger partial charge >= 0.3 is 5.69 Å². The molecule has 0 aliphatic heterocycles. The second-order valence-corrected chi connectivity index (χ2v) is 9.41. The van der Waals surface area contributed by atoms with E-state index in [1.54, 1.807) is 11.0 Å². The molecule has 4 rings (SSSR count). The van der Waals surface area contributed by atoms with E-state index in [1.807, 2.05) is 6.92 Å². The molecular weight excluding hydrogens is 466 g/mol. The van der Waals surface area contributed by atoms with E-state index in [0.29, 0.717) is 37.2 Å². The first kappa shape index (κ1) is 25.2. The predicted molar refractivity (Wildman–Crippen MR) is 130 cm³/mol. The Labute approximate surface area is 207 Å². The summed E-state index contributed by atoms with van der Waals surface area (Å²) >= 11 is 0. The van der Waals surface area contributed by atoms with Crippen LogP contribution in [-0.4, -0.2) is 49.3 Å². The second-order valence-electron chi connectivity index (χ2n) is 9.41. The Morgan fingerprint density at radius 1 is 1.31 bits per heavy atom. The van der Waals surface area contributed by atoms with Crippen molar-refractivity contribution in [2.24, 2.45) is 5.92 Å². The van der Waals surface area contributed by atoms with Crippen LogP contribution in [0.2, 0.25) is 0 Å². The first-order valence-corrected chi connectivity index (χ1v) is 11.9. The molecular formula is C26H28F2N6O2. The van der Waals surface area contributed by atoms with Gasteiger partial charge in [0.15, 0.2) is 0 Å². The minimum atomic E-state index is -0.730. The van der Waals surface area contributed by atoms with E-state index in [2.05, 4.69) is 45.1 Å². The standard InChI is InChI=1S/C26H28F2N6O2/c1-5-16-10-11-26(15(3)4,14-34(6-2)22(35)13-21-29-25(36)33-31-21)24-17(16)12-20(30-32-24)23-18(27)8-7-9-19(23)28/h1,7-9,12,15-16H,6,10-11,13-14H2,2-4H3,(H2,29,31,33,36)/t16-,26+/m0/s1. The Balaban J connectivity index is 1.76. The van der Waals surface area contributed by atoms with Crippen LogP contribution in [0.5, 0.6) is 0 Å². The number of amides is 1. The summed E-state index contributed by atoms with van der Waals surface area (Å²) in [6, 6.07) is 5.28. The molecule has 0 radical (unpaired) electrons. The normalized spacial score (nSPS) is 19.1. The molecule has 0 fully saturated rings. The van der Waals surface area contributed by atoms with Gasteiger partial charge in [-0.15, -0.1) is 11.5 Å². The molecule has 0 unspecified atom stereocenters. The molecule has 0 saturated heterocycles. The lowest BCUT2D eigenvalue weighted by atomic mass is 9.63. The highest BCUT2D eigenvalue weighted by Gasteiger charge is 2.45. The fourth-order valence-electron chi connectivity index (χ4n) is 5.03. The molecule has 36 heavy (non-hydrogen) atoms. The Kier molecular flexibility index (Phi) is 7.02. The topological polar surface area (TPSA) is 108 Å². The van der Waals surface area contributed by atoms with E-state index in [0.717, 1.165) is 0 Å². The van der Waals surface area contributed by atoms with E-state index < -0.39 is 22.7 Å². The highest BCUT2D eigenvalue weighted by atomic mass is 19.1. The maximum atomic E-state index is 14.5. The van der Waals surface area contributed by atoms with Gasteiger partial charge in [-0.3, -0.25) is 9.78 Å². The fraction of sp³-hybridized carbons (Fsp3) is 0.423. The van der Waals surface area contributed by atoms with Crippen LogP contribution in [0.4, 0.5) is 8.78 Å². The van der Waals surface area contributed by atoms with Crippen molar-refractivity contribution in [2.45, 2.75) is 51.4 Å². The van der Waals surface area contributed by atoms with Gasteiger partial charge in [0.05, 0.1) is 23.4 Å². The van der Waals surface area contributed by atoms with Gasteiger partial charge in [-0.25, -0.2) is 18.7 Å². The zero-order chi connectivity index (χ0) is 26.0. The highest BCUT2D eigenvalue weighted by molar-refractivity contribution is 5.78. The third kappa shape index (κ3) is 4.53. The van der Waals surface area contributed by atoms with Crippen LogP contribution in [0.25, 0.3) is 11.3 Å². The van der Waals surface area contributed by atoms with Gasteiger partial charge < -0.3 is 4.90 Å². The van der Waals surface area contributed by atoms with Gasteiger partial charge in [-0.1, -0.05) is 25.8 Å². The Hall–Kier alpha value is -3.87. The third-order valence-electron chi connectivity index (χ3n) is 7.15. The number of hydrogen-bond donors (Lipinski definition) is 2. The van der Waals surface area contributed by atoms with Crippen molar-refractivity contribution in [1.29, 1.82) is 0 Å². The zero-order valence-electron chi connectivity index (χ0n) is 20.4. The van der Waals surface area contributed by atoms with Crippen molar-refractivity contribution in [3.05, 3.63) is 63.5 Å². The van der Waals surface area contributed by atoms with E-state index in [-0.39, 0.29) is 41.2 Å². The molecule has 1 aromatic carbocycles. The lowest BCUT2D eigenvalue weighted by Crippen LogP contribution is -2.50. The Morgan fingerprint density at radius 3 is 2.61 bits per heavy atom. The first-order valence-electron chi connectivity index (χ1n) is 11.9. The van der Waals surface area contributed by atoms with E-state index in [4.69, 9.17) is 6.42 Å². The van der Waals surface area contributed by atoms with Crippen LogP contribution in [0.3, 0.4) is 0 Å². The van der Waals surface area contributed by atoms with Crippen molar-refractivity contribution in [3.8, 4) is 23.6 Å². The molecule has 1 amide bonds. The molecule has 0 bridgehead atoms. The molecule has 2 N–H and O–H groups in total. The van der Waals surface area contributed by atoms with Crippen molar-refractivity contribution in [1.82, 2.24) is 30.3 Å². The van der Waals surface area contributed by atoms with E-state index in [1.165, 1.54) is 18.2 Å². The maximum absolute atomic E-state index is 14.5. The van der Waals surface area contributed by atoms with Gasteiger partial charge in [-0.05, 0) is 49.4 Å². The molecule has 1 aliphatic rings. The number of terminal acetylenes is 1. The number of aromatic nitrogens is 5. The van der Waals surface area contributed by atoms with Crippen LogP contribution < -0.4 is 5.69 Å². The summed E-state index contributed by atoms with van der Waals surface area (Å²) < 4.78 is 29.0. The molecule has 0 spiro atoms. The number of aromatic amines is 2. The number of carbonyl (C=O) groups excluding carboxylic acids is 1. The monoisotopic (exact) mass is 494 g/mol. The molecule has 2 aromatic heterocycles. The van der Waals surface area contributed by atoms with Gasteiger partial charge in [0.2, 0.25) is 5.91 Å². The quantitative estimate of drug-likeness (QED) is 0.490. The molecule has 3 aromatic rings. The largest absolute Gasteiger partial charge is 0.342 e. The number of nitrogens with one attached hydrogen (secondary N) is 2. The summed E-state index contributed by atoms with van der Waals surface area (Å²) in [7, 11) is 0. The third-order valence-corrected chi connectivity index (χ3v) is 7.15. The van der Waals surface area contributed by atoms with Gasteiger partial charge in [0.1, 0.15) is 17.5 Å². The summed E-state index contributed by atoms with van der Waals surface area (Å²) in [5.41, 5.74) is 0.125. The number of fused-ring (bicyclic) bond motifs is 1. The molecule has 10 heteroatoms. The van der Waals surface area contributed by atoms with Gasteiger partial charge in [0.25, 0.3) is 0 Å². The first-order chi connectivity index (χ1) is 17.2. The number of benzene rings is 1. The van der Waals surface area contributed by atoms with Crippen LogP contribution in [0.1, 0.15) is 56.6 Å². The lowest BCUT2D eigenvalue weighted by molar-refractivity contribution is -0.131. The smallest absolute Gasteiger partial charge is 0.340 e. The van der Waals surface area contributed by atoms with Crippen molar-refractivity contribution < 1.29 is 13.6 Å². The molecule has 8 nitrogen and oxygen atoms in total. The van der Waals surface area contributed by atoms with Gasteiger partial charge in [-0.2, -0.15) is 10.2 Å². The van der Waals surface area contributed by atoms with Crippen molar-refractivity contribution in [2.75, 3.05) is 13.1 Å². The molecule has 1 aliphatic carbocycles. The molecule has 2 atom stereocenters. The summed E-state index contributed by atoms with van der Waals surface area (Å²) in [6.07, 6.45) is 7.08. The maximum Gasteiger partial charge on any atom is 0.340 e. The summed E-state index contributed by atoms with van der Waals surface area (Å²) in [4.78, 5) is 28.7. The minimum Gasteiger partial charge on any atom is -0.342 e. The van der Waals surface area contributed by atoms with Gasteiger partial charge in [0, 0.05) is 24.4 Å². The van der Waals surface area contributed by atoms with Crippen LogP contribution in [0.15, 0.2) is 29.1 Å². The zero-order valence-corrected chi connectivity index (χ0v) is 20.4. The SMILES string of the molecule is C#C[C@H]1CC[C@@](CN(CC)C(=O)Cc2n[nH]c(=O)[nH]2)(C(C)C)c2nnc(-c3c(F)cccc3F)cc21. The van der Waals surface area contributed by atoms with Crippen LogP contribution >= 0.6 is 0 Å². The number of rotatable bonds is 7. The minimum absolute atomic E-state index is 0.0485. The number of likely N-dealkylation sites (N-methyl/N-ethyl adjacent to an activating group) is 1. The van der Waals surface area contributed by atoms with Crippen molar-refractivity contribution >= 4 is 5.91 Å². The Bertz CT molecular complexity index is 1350. The fourth-order valence-corrected chi connectivity index (χ4v) is 5.03. The van der Waals surface area contributed by atoms with Crippen LogP contribution in [-0.2, 0) is 16.6 Å². The number of nitrogens with zero attached hydrogens (tertiary/aromatic N) is 4. The number of halogens is 2. The predicted octanol–water partition coefficient (Wildman–Crippen LogP) is 3.33. The average molecular weight is 495 g/mol. The second kappa shape index (κ2) is 10.0. The number of hydrogen-bond acceptors (Lipinski definition) is 5. The lowest BCUT2D eigenvalue weighted by Gasteiger charge is -2.45.